The van der Waals surface area contributed by atoms with Crippen LogP contribution in [0.1, 0.15) is 26.7 Å². The summed E-state index contributed by atoms with van der Waals surface area (Å²) in [4.78, 5) is 0. The highest BCUT2D eigenvalue weighted by molar-refractivity contribution is 4.66. The molecule has 2 nitrogen and oxygen atoms in total. The molecule has 0 fully saturated rings. The van der Waals surface area contributed by atoms with E-state index in [2.05, 4.69) is 13.8 Å². The van der Waals surface area contributed by atoms with Crippen LogP contribution in [0.3, 0.4) is 0 Å². The maximum absolute atomic E-state index is 5.83. The number of rotatable bonds is 5. The van der Waals surface area contributed by atoms with E-state index in [0.29, 0.717) is 12.0 Å². The van der Waals surface area contributed by atoms with E-state index in [4.69, 9.17) is 10.5 Å². The molecule has 0 rings (SSSR count). The van der Waals surface area contributed by atoms with Crippen molar-refractivity contribution < 1.29 is 4.74 Å². The summed E-state index contributed by atoms with van der Waals surface area (Å²) in [5.41, 5.74) is 5.83. The highest BCUT2D eigenvalue weighted by Crippen LogP contribution is 2.07. The molecule has 0 aromatic carbocycles. The number of methoxy groups -OCH3 is 1. The Balaban J connectivity index is 3.31. The maximum Gasteiger partial charge on any atom is 0.0477 e. The van der Waals surface area contributed by atoms with Crippen molar-refractivity contribution in [3.63, 3.8) is 0 Å². The van der Waals surface area contributed by atoms with Crippen molar-refractivity contribution in [2.75, 3.05) is 13.7 Å². The third-order valence-corrected chi connectivity index (χ3v) is 2.03. The lowest BCUT2D eigenvalue weighted by atomic mass is 9.98. The molecular weight excluding hydrogens is 126 g/mol. The molecule has 2 unspecified atom stereocenters. The van der Waals surface area contributed by atoms with E-state index in [9.17, 15) is 0 Å². The van der Waals surface area contributed by atoms with Crippen LogP contribution < -0.4 is 5.73 Å². The number of hydrogen-bond donors (Lipinski definition) is 1. The van der Waals surface area contributed by atoms with Crippen LogP contribution in [-0.2, 0) is 4.74 Å². The van der Waals surface area contributed by atoms with Gasteiger partial charge >= 0.3 is 0 Å². The Hall–Kier alpha value is -0.0800. The monoisotopic (exact) mass is 145 g/mol. The standard InChI is InChI=1S/C8H19NO/c1-4-7(2)8(9)5-6-10-3/h7-8H,4-6,9H2,1-3H3. The minimum absolute atomic E-state index is 0.310. The first kappa shape index (κ1) is 9.92. The molecule has 0 spiro atoms. The average Bonchev–Trinajstić information content (AvgIpc) is 1.98. The fraction of sp³-hybridized carbons (Fsp3) is 1.00. The van der Waals surface area contributed by atoms with Crippen molar-refractivity contribution in [3.8, 4) is 0 Å². The van der Waals surface area contributed by atoms with Crippen LogP contribution in [0.5, 0.6) is 0 Å². The molecule has 0 aliphatic carbocycles. The van der Waals surface area contributed by atoms with Crippen LogP contribution in [0.15, 0.2) is 0 Å². The Kier molecular flexibility index (Phi) is 5.64. The van der Waals surface area contributed by atoms with Gasteiger partial charge in [0.25, 0.3) is 0 Å². The van der Waals surface area contributed by atoms with E-state index in [1.54, 1.807) is 7.11 Å². The maximum atomic E-state index is 5.83. The molecule has 0 aliphatic rings. The molecule has 0 radical (unpaired) electrons. The first-order valence-corrected chi connectivity index (χ1v) is 3.96. The van der Waals surface area contributed by atoms with Crippen molar-refractivity contribution in [1.82, 2.24) is 0 Å². The Morgan fingerprint density at radius 3 is 2.50 bits per heavy atom. The highest BCUT2D eigenvalue weighted by atomic mass is 16.5. The van der Waals surface area contributed by atoms with Crippen molar-refractivity contribution in [3.05, 3.63) is 0 Å². The van der Waals surface area contributed by atoms with Gasteiger partial charge < -0.3 is 10.5 Å². The summed E-state index contributed by atoms with van der Waals surface area (Å²) in [7, 11) is 1.71. The van der Waals surface area contributed by atoms with E-state index in [1.807, 2.05) is 0 Å². The third-order valence-electron chi connectivity index (χ3n) is 2.03. The third kappa shape index (κ3) is 3.85. The normalized spacial score (nSPS) is 16.8. The average molecular weight is 145 g/mol. The number of ether oxygens (including phenoxy) is 1. The number of nitrogens with two attached hydrogens (primary N) is 1. The van der Waals surface area contributed by atoms with Gasteiger partial charge in [-0.15, -0.1) is 0 Å². The SMILES string of the molecule is CCC(C)C(N)CCOC. The van der Waals surface area contributed by atoms with E-state index < -0.39 is 0 Å². The van der Waals surface area contributed by atoms with E-state index in [0.717, 1.165) is 19.4 Å². The first-order chi connectivity index (χ1) is 4.72. The molecular formula is C8H19NO. The van der Waals surface area contributed by atoms with Gasteiger partial charge in [0.05, 0.1) is 0 Å². The number of hydrogen-bond acceptors (Lipinski definition) is 2. The van der Waals surface area contributed by atoms with Gasteiger partial charge in [0, 0.05) is 19.8 Å². The highest BCUT2D eigenvalue weighted by Gasteiger charge is 2.08. The zero-order chi connectivity index (χ0) is 7.98. The Morgan fingerprint density at radius 2 is 2.10 bits per heavy atom. The molecule has 0 aliphatic heterocycles. The van der Waals surface area contributed by atoms with Gasteiger partial charge in [0.15, 0.2) is 0 Å². The Morgan fingerprint density at radius 1 is 1.50 bits per heavy atom. The molecule has 2 atom stereocenters. The van der Waals surface area contributed by atoms with Crippen LogP contribution in [0.2, 0.25) is 0 Å². The van der Waals surface area contributed by atoms with Crippen LogP contribution in [0, 0.1) is 5.92 Å². The second-order valence-corrected chi connectivity index (χ2v) is 2.83. The lowest BCUT2D eigenvalue weighted by molar-refractivity contribution is 0.179. The van der Waals surface area contributed by atoms with Crippen molar-refractivity contribution >= 4 is 0 Å². The summed E-state index contributed by atoms with van der Waals surface area (Å²) in [6, 6.07) is 0.310. The zero-order valence-electron chi connectivity index (χ0n) is 7.26. The van der Waals surface area contributed by atoms with E-state index in [-0.39, 0.29) is 0 Å². The molecule has 10 heavy (non-hydrogen) atoms. The van der Waals surface area contributed by atoms with Crippen LogP contribution in [-0.4, -0.2) is 19.8 Å². The van der Waals surface area contributed by atoms with Crippen molar-refractivity contribution in [1.29, 1.82) is 0 Å². The van der Waals surface area contributed by atoms with Crippen LogP contribution in [0.4, 0.5) is 0 Å². The van der Waals surface area contributed by atoms with Gasteiger partial charge in [0.2, 0.25) is 0 Å². The van der Waals surface area contributed by atoms with Gasteiger partial charge in [-0.2, -0.15) is 0 Å². The molecule has 62 valence electrons. The lowest BCUT2D eigenvalue weighted by Crippen LogP contribution is -2.28. The molecule has 0 saturated heterocycles. The molecule has 0 aromatic rings. The Bertz CT molecular complexity index is 75.7. The topological polar surface area (TPSA) is 35.2 Å². The van der Waals surface area contributed by atoms with Gasteiger partial charge in [-0.3, -0.25) is 0 Å². The molecule has 0 bridgehead atoms. The summed E-state index contributed by atoms with van der Waals surface area (Å²) in [5, 5.41) is 0. The van der Waals surface area contributed by atoms with Gasteiger partial charge in [-0.25, -0.2) is 0 Å². The molecule has 0 aromatic heterocycles. The fourth-order valence-electron chi connectivity index (χ4n) is 0.841. The summed E-state index contributed by atoms with van der Waals surface area (Å²) >= 11 is 0. The fourth-order valence-corrected chi connectivity index (χ4v) is 0.841. The zero-order valence-corrected chi connectivity index (χ0v) is 7.26. The predicted octanol–water partition coefficient (Wildman–Crippen LogP) is 1.40. The summed E-state index contributed by atoms with van der Waals surface area (Å²) < 4.78 is 4.93. The summed E-state index contributed by atoms with van der Waals surface area (Å²) in [5.74, 6) is 0.621. The second kappa shape index (κ2) is 5.69. The molecule has 0 heterocycles. The first-order valence-electron chi connectivity index (χ1n) is 3.96. The molecule has 0 amide bonds. The van der Waals surface area contributed by atoms with E-state index in [1.165, 1.54) is 0 Å². The largest absolute Gasteiger partial charge is 0.385 e. The van der Waals surface area contributed by atoms with Crippen molar-refractivity contribution in [2.24, 2.45) is 11.7 Å². The van der Waals surface area contributed by atoms with Crippen LogP contribution >= 0.6 is 0 Å². The minimum atomic E-state index is 0.310. The van der Waals surface area contributed by atoms with Crippen LogP contribution in [0.25, 0.3) is 0 Å². The summed E-state index contributed by atoms with van der Waals surface area (Å²) in [6.07, 6.45) is 2.14. The van der Waals surface area contributed by atoms with Crippen molar-refractivity contribution in [2.45, 2.75) is 32.7 Å². The Labute approximate surface area is 63.7 Å². The lowest BCUT2D eigenvalue weighted by Gasteiger charge is -2.17. The predicted molar refractivity (Wildman–Crippen MR) is 43.9 cm³/mol. The van der Waals surface area contributed by atoms with E-state index >= 15 is 0 Å². The van der Waals surface area contributed by atoms with Gasteiger partial charge in [-0.1, -0.05) is 20.3 Å². The van der Waals surface area contributed by atoms with Gasteiger partial charge in [-0.05, 0) is 12.3 Å². The molecule has 0 saturated carbocycles. The molecule has 2 N–H and O–H groups in total. The second-order valence-electron chi connectivity index (χ2n) is 2.83. The minimum Gasteiger partial charge on any atom is -0.385 e. The quantitative estimate of drug-likeness (QED) is 0.634. The summed E-state index contributed by atoms with van der Waals surface area (Å²) in [6.45, 7) is 5.13. The smallest absolute Gasteiger partial charge is 0.0477 e. The molecule has 2 heteroatoms. The van der Waals surface area contributed by atoms with Gasteiger partial charge in [0.1, 0.15) is 0 Å².